The van der Waals surface area contributed by atoms with Crippen molar-refractivity contribution >= 4 is 11.9 Å². The van der Waals surface area contributed by atoms with Gasteiger partial charge in [0.2, 0.25) is 0 Å². The number of carbonyl (C=O) groups excluding carboxylic acids is 2. The fraction of sp³-hybridized carbons (Fsp3) is 0.650. The summed E-state index contributed by atoms with van der Waals surface area (Å²) in [5.74, 6) is 0.963. The molecule has 0 bridgehead atoms. The summed E-state index contributed by atoms with van der Waals surface area (Å²) in [6.45, 7) is 7.05. The Bertz CT molecular complexity index is 692. The van der Waals surface area contributed by atoms with Gasteiger partial charge in [-0.05, 0) is 58.6 Å². The van der Waals surface area contributed by atoms with Crippen molar-refractivity contribution in [3.05, 3.63) is 23.5 Å². The number of hydrogen-bond donors (Lipinski definition) is 1. The Labute approximate surface area is 154 Å². The standard InChI is InChI=1S/C20H28N2O4/c1-12(23)18-17(10-9-16(22-18)13-5-6-13)25-15-8-7-14(11-15)21-19(24)26-20(2,3)4/h9-10,13-15H,5-8,11H2,1-4H3,(H,21,24)/t14-,15+/m0/s1. The molecule has 0 saturated heterocycles. The van der Waals surface area contributed by atoms with Crippen molar-refractivity contribution in [2.75, 3.05) is 0 Å². The zero-order valence-electron chi connectivity index (χ0n) is 16.0. The van der Waals surface area contributed by atoms with Gasteiger partial charge in [-0.1, -0.05) is 0 Å². The van der Waals surface area contributed by atoms with E-state index in [9.17, 15) is 9.59 Å². The van der Waals surface area contributed by atoms with Crippen LogP contribution in [0, 0.1) is 0 Å². The van der Waals surface area contributed by atoms with Crippen molar-refractivity contribution in [2.24, 2.45) is 0 Å². The molecule has 1 heterocycles. The lowest BCUT2D eigenvalue weighted by atomic mass is 10.2. The lowest BCUT2D eigenvalue weighted by molar-refractivity contribution is 0.0503. The Kier molecular flexibility index (Phi) is 5.21. The van der Waals surface area contributed by atoms with E-state index in [-0.39, 0.29) is 17.9 Å². The second kappa shape index (κ2) is 7.25. The van der Waals surface area contributed by atoms with E-state index in [1.165, 1.54) is 6.92 Å². The van der Waals surface area contributed by atoms with E-state index >= 15 is 0 Å². The molecule has 1 amide bonds. The molecular weight excluding hydrogens is 332 g/mol. The van der Waals surface area contributed by atoms with Crippen LogP contribution in [0.2, 0.25) is 0 Å². The van der Waals surface area contributed by atoms with Crippen LogP contribution in [-0.2, 0) is 4.74 Å². The Morgan fingerprint density at radius 1 is 1.15 bits per heavy atom. The van der Waals surface area contributed by atoms with Gasteiger partial charge in [-0.3, -0.25) is 4.79 Å². The number of ether oxygens (including phenoxy) is 2. The molecule has 0 aliphatic heterocycles. The minimum absolute atomic E-state index is 0.0225. The highest BCUT2D eigenvalue weighted by atomic mass is 16.6. The number of aromatic nitrogens is 1. The number of hydrogen-bond acceptors (Lipinski definition) is 5. The molecule has 0 spiro atoms. The molecule has 1 N–H and O–H groups in total. The SMILES string of the molecule is CC(=O)c1nc(C2CC2)ccc1O[C@@H]1CC[C@H](NC(=O)OC(C)(C)C)C1. The van der Waals surface area contributed by atoms with Crippen LogP contribution >= 0.6 is 0 Å². The van der Waals surface area contributed by atoms with E-state index in [1.807, 2.05) is 32.9 Å². The number of nitrogens with one attached hydrogen (secondary N) is 1. The van der Waals surface area contributed by atoms with Gasteiger partial charge in [-0.25, -0.2) is 9.78 Å². The van der Waals surface area contributed by atoms with Gasteiger partial charge >= 0.3 is 6.09 Å². The molecule has 0 aromatic carbocycles. The monoisotopic (exact) mass is 360 g/mol. The van der Waals surface area contributed by atoms with E-state index in [2.05, 4.69) is 10.3 Å². The van der Waals surface area contributed by atoms with Gasteiger partial charge in [0.15, 0.2) is 5.78 Å². The molecule has 2 atom stereocenters. The number of amides is 1. The molecule has 3 rings (SSSR count). The first-order chi connectivity index (χ1) is 12.2. The predicted molar refractivity (Wildman–Crippen MR) is 97.6 cm³/mol. The molecule has 0 unspecified atom stereocenters. The summed E-state index contributed by atoms with van der Waals surface area (Å²) < 4.78 is 11.4. The Morgan fingerprint density at radius 3 is 2.50 bits per heavy atom. The summed E-state index contributed by atoms with van der Waals surface area (Å²) >= 11 is 0. The average Bonchev–Trinajstić information content (AvgIpc) is 3.28. The number of carbonyl (C=O) groups is 2. The Morgan fingerprint density at radius 2 is 1.88 bits per heavy atom. The number of pyridine rings is 1. The van der Waals surface area contributed by atoms with Crippen LogP contribution in [0.1, 0.15) is 81.9 Å². The van der Waals surface area contributed by atoms with Crippen LogP contribution in [0.25, 0.3) is 0 Å². The van der Waals surface area contributed by atoms with E-state index < -0.39 is 11.7 Å². The van der Waals surface area contributed by atoms with Crippen LogP contribution in [0.5, 0.6) is 5.75 Å². The maximum absolute atomic E-state index is 12.0. The third-order valence-electron chi connectivity index (χ3n) is 4.61. The zero-order chi connectivity index (χ0) is 18.9. The molecule has 1 aromatic rings. The molecule has 2 saturated carbocycles. The summed E-state index contributed by atoms with van der Waals surface area (Å²) in [5, 5.41) is 2.90. The third kappa shape index (κ3) is 4.96. The fourth-order valence-electron chi connectivity index (χ4n) is 3.25. The van der Waals surface area contributed by atoms with Gasteiger partial charge < -0.3 is 14.8 Å². The number of ketones is 1. The number of alkyl carbamates (subject to hydrolysis) is 1. The molecule has 2 aliphatic carbocycles. The highest BCUT2D eigenvalue weighted by Gasteiger charge is 2.31. The maximum Gasteiger partial charge on any atom is 0.407 e. The molecule has 6 nitrogen and oxygen atoms in total. The molecule has 142 valence electrons. The smallest absolute Gasteiger partial charge is 0.407 e. The first kappa shape index (κ1) is 18.7. The normalized spacial score (nSPS) is 22.8. The molecular formula is C20H28N2O4. The van der Waals surface area contributed by atoms with Crippen molar-refractivity contribution in [1.29, 1.82) is 0 Å². The van der Waals surface area contributed by atoms with Gasteiger partial charge in [0, 0.05) is 31.0 Å². The molecule has 1 aromatic heterocycles. The van der Waals surface area contributed by atoms with E-state index in [1.54, 1.807) is 0 Å². The Balaban J connectivity index is 1.58. The quantitative estimate of drug-likeness (QED) is 0.804. The van der Waals surface area contributed by atoms with Crippen molar-refractivity contribution < 1.29 is 19.1 Å². The minimum atomic E-state index is -0.510. The summed E-state index contributed by atoms with van der Waals surface area (Å²) in [5.41, 5.74) is 0.889. The third-order valence-corrected chi connectivity index (χ3v) is 4.61. The van der Waals surface area contributed by atoms with E-state index in [4.69, 9.17) is 9.47 Å². The first-order valence-corrected chi connectivity index (χ1v) is 9.39. The highest BCUT2D eigenvalue weighted by Crippen LogP contribution is 2.40. The van der Waals surface area contributed by atoms with Gasteiger partial charge in [-0.2, -0.15) is 0 Å². The van der Waals surface area contributed by atoms with Gasteiger partial charge in [0.05, 0.1) is 0 Å². The lowest BCUT2D eigenvalue weighted by Gasteiger charge is -2.22. The van der Waals surface area contributed by atoms with Crippen molar-refractivity contribution in [2.45, 2.75) is 83.5 Å². The van der Waals surface area contributed by atoms with Crippen LogP contribution < -0.4 is 10.1 Å². The predicted octanol–water partition coefficient (Wildman–Crippen LogP) is 3.99. The van der Waals surface area contributed by atoms with E-state index in [0.29, 0.717) is 23.8 Å². The van der Waals surface area contributed by atoms with E-state index in [0.717, 1.165) is 31.4 Å². The second-order valence-corrected chi connectivity index (χ2v) is 8.31. The average molecular weight is 360 g/mol. The summed E-state index contributed by atoms with van der Waals surface area (Å²) in [7, 11) is 0. The summed E-state index contributed by atoms with van der Waals surface area (Å²) in [6.07, 6.45) is 4.19. The van der Waals surface area contributed by atoms with Gasteiger partial charge in [0.1, 0.15) is 23.1 Å². The van der Waals surface area contributed by atoms with Gasteiger partial charge in [0.25, 0.3) is 0 Å². The summed E-state index contributed by atoms with van der Waals surface area (Å²) in [4.78, 5) is 28.4. The van der Waals surface area contributed by atoms with Crippen molar-refractivity contribution in [1.82, 2.24) is 10.3 Å². The van der Waals surface area contributed by atoms with Crippen molar-refractivity contribution in [3.8, 4) is 5.75 Å². The molecule has 6 heteroatoms. The molecule has 2 fully saturated rings. The second-order valence-electron chi connectivity index (χ2n) is 8.31. The molecule has 2 aliphatic rings. The number of Topliss-reactive ketones (excluding diaryl/α,β-unsaturated/α-hetero) is 1. The van der Waals surface area contributed by atoms with Crippen LogP contribution in [0.3, 0.4) is 0 Å². The molecule has 0 radical (unpaired) electrons. The number of rotatable bonds is 5. The van der Waals surface area contributed by atoms with Crippen LogP contribution in [-0.4, -0.2) is 34.6 Å². The lowest BCUT2D eigenvalue weighted by Crippen LogP contribution is -2.38. The minimum Gasteiger partial charge on any atom is -0.488 e. The molecule has 26 heavy (non-hydrogen) atoms. The van der Waals surface area contributed by atoms with Gasteiger partial charge in [-0.15, -0.1) is 0 Å². The zero-order valence-corrected chi connectivity index (χ0v) is 16.0. The Hall–Kier alpha value is -2.11. The number of nitrogens with zero attached hydrogens (tertiary/aromatic N) is 1. The summed E-state index contributed by atoms with van der Waals surface area (Å²) in [6, 6.07) is 3.85. The first-order valence-electron chi connectivity index (χ1n) is 9.39. The highest BCUT2D eigenvalue weighted by molar-refractivity contribution is 5.94. The van der Waals surface area contributed by atoms with Crippen LogP contribution in [0.15, 0.2) is 12.1 Å². The van der Waals surface area contributed by atoms with Crippen LogP contribution in [0.4, 0.5) is 4.79 Å². The fourth-order valence-corrected chi connectivity index (χ4v) is 3.25. The maximum atomic E-state index is 12.0. The van der Waals surface area contributed by atoms with Crippen molar-refractivity contribution in [3.63, 3.8) is 0 Å². The largest absolute Gasteiger partial charge is 0.488 e. The topological polar surface area (TPSA) is 77.5 Å².